The molecule has 0 aliphatic carbocycles. The summed E-state index contributed by atoms with van der Waals surface area (Å²) in [6.07, 6.45) is 2.06. The van der Waals surface area contributed by atoms with E-state index in [2.05, 4.69) is 26.1 Å². The summed E-state index contributed by atoms with van der Waals surface area (Å²) >= 11 is 0. The normalized spacial score (nSPS) is 21.3. The van der Waals surface area contributed by atoms with Crippen molar-refractivity contribution in [3.63, 3.8) is 0 Å². The Morgan fingerprint density at radius 2 is 2.05 bits per heavy atom. The van der Waals surface area contributed by atoms with Gasteiger partial charge in [0, 0.05) is 38.5 Å². The molecular formula is C14H27N3O2. The number of nitrogens with zero attached hydrogens (tertiary/aromatic N) is 1. The smallest absolute Gasteiger partial charge is 0.224 e. The van der Waals surface area contributed by atoms with E-state index in [-0.39, 0.29) is 29.3 Å². The lowest BCUT2D eigenvalue weighted by atomic mass is 9.87. The second-order valence-corrected chi connectivity index (χ2v) is 6.75. The third-order valence-corrected chi connectivity index (χ3v) is 3.26. The van der Waals surface area contributed by atoms with Crippen molar-refractivity contribution in [1.29, 1.82) is 0 Å². The van der Waals surface area contributed by atoms with Gasteiger partial charge in [0.25, 0.3) is 0 Å². The number of hydrogen-bond donors (Lipinski definition) is 2. The van der Waals surface area contributed by atoms with Crippen LogP contribution in [0.3, 0.4) is 0 Å². The predicted octanol–water partition coefficient (Wildman–Crippen LogP) is 0.877. The van der Waals surface area contributed by atoms with Crippen LogP contribution in [0.2, 0.25) is 0 Å². The van der Waals surface area contributed by atoms with Crippen molar-refractivity contribution in [3.8, 4) is 0 Å². The van der Waals surface area contributed by atoms with Gasteiger partial charge >= 0.3 is 0 Å². The van der Waals surface area contributed by atoms with Crippen LogP contribution >= 0.6 is 0 Å². The van der Waals surface area contributed by atoms with E-state index in [1.165, 1.54) is 6.92 Å². The average Bonchev–Trinajstić information content (AvgIpc) is 2.61. The Hall–Kier alpha value is -1.10. The quantitative estimate of drug-likeness (QED) is 0.795. The lowest BCUT2D eigenvalue weighted by Crippen LogP contribution is -2.39. The number of nitrogens with two attached hydrogens (primary N) is 1. The molecule has 0 aromatic carbocycles. The molecule has 0 spiro atoms. The van der Waals surface area contributed by atoms with Crippen LogP contribution in [0.25, 0.3) is 0 Å². The van der Waals surface area contributed by atoms with E-state index in [1.807, 2.05) is 4.90 Å². The number of rotatable bonds is 4. The molecule has 110 valence electrons. The average molecular weight is 269 g/mol. The summed E-state index contributed by atoms with van der Waals surface area (Å²) in [6, 6.07) is 0.00704. The highest BCUT2D eigenvalue weighted by molar-refractivity contribution is 5.77. The largest absolute Gasteiger partial charge is 0.352 e. The second kappa shape index (κ2) is 6.37. The number of likely N-dealkylation sites (tertiary alicyclic amines) is 1. The zero-order valence-electron chi connectivity index (χ0n) is 12.5. The minimum atomic E-state index is -0.0904. The molecule has 0 aromatic heterocycles. The summed E-state index contributed by atoms with van der Waals surface area (Å²) in [7, 11) is 0. The Bertz CT molecular complexity index is 336. The van der Waals surface area contributed by atoms with Gasteiger partial charge < -0.3 is 16.0 Å². The van der Waals surface area contributed by atoms with E-state index in [4.69, 9.17) is 5.73 Å². The van der Waals surface area contributed by atoms with Gasteiger partial charge in [0.2, 0.25) is 11.8 Å². The minimum absolute atomic E-state index is 0.0382. The van der Waals surface area contributed by atoms with Gasteiger partial charge in [0.15, 0.2) is 0 Å². The summed E-state index contributed by atoms with van der Waals surface area (Å²) in [6.45, 7) is 9.20. The van der Waals surface area contributed by atoms with Crippen molar-refractivity contribution in [3.05, 3.63) is 0 Å². The summed E-state index contributed by atoms with van der Waals surface area (Å²) in [4.78, 5) is 24.9. The molecule has 2 amide bonds. The van der Waals surface area contributed by atoms with Crippen LogP contribution in [0, 0.1) is 5.41 Å². The Morgan fingerprint density at radius 3 is 2.58 bits per heavy atom. The van der Waals surface area contributed by atoms with Crippen LogP contribution in [0.1, 0.15) is 47.0 Å². The first-order chi connectivity index (χ1) is 8.67. The maximum Gasteiger partial charge on any atom is 0.224 e. The Balaban J connectivity index is 2.37. The monoisotopic (exact) mass is 269 g/mol. The number of amides is 2. The molecule has 0 bridgehead atoms. The third-order valence-electron chi connectivity index (χ3n) is 3.26. The lowest BCUT2D eigenvalue weighted by Gasteiger charge is -2.24. The van der Waals surface area contributed by atoms with E-state index in [0.717, 1.165) is 12.8 Å². The van der Waals surface area contributed by atoms with Crippen molar-refractivity contribution in [2.75, 3.05) is 13.1 Å². The molecule has 3 N–H and O–H groups in total. The van der Waals surface area contributed by atoms with Gasteiger partial charge in [0.05, 0.1) is 0 Å². The topological polar surface area (TPSA) is 75.4 Å². The summed E-state index contributed by atoms with van der Waals surface area (Å²) < 4.78 is 0. The highest BCUT2D eigenvalue weighted by Crippen LogP contribution is 2.22. The molecule has 19 heavy (non-hydrogen) atoms. The van der Waals surface area contributed by atoms with Gasteiger partial charge in [-0.3, -0.25) is 9.59 Å². The van der Waals surface area contributed by atoms with E-state index >= 15 is 0 Å². The Kier molecular flexibility index (Phi) is 5.35. The van der Waals surface area contributed by atoms with Crippen molar-refractivity contribution >= 4 is 11.8 Å². The summed E-state index contributed by atoms with van der Waals surface area (Å²) in [5, 5.41) is 2.85. The molecular weight excluding hydrogens is 242 g/mol. The standard InChI is InChI=1S/C14H27N3O2/c1-10(18)16-12-5-6-17(9-12)13(19)7-11(15)8-14(2,3)4/h11-12H,5-9,15H2,1-4H3,(H,16,18). The van der Waals surface area contributed by atoms with Crippen molar-refractivity contribution in [2.45, 2.75) is 59.0 Å². The highest BCUT2D eigenvalue weighted by Gasteiger charge is 2.28. The van der Waals surface area contributed by atoms with Crippen LogP contribution in [0.5, 0.6) is 0 Å². The molecule has 1 saturated heterocycles. The van der Waals surface area contributed by atoms with Gasteiger partial charge in [-0.05, 0) is 18.3 Å². The Labute approximate surface area is 115 Å². The first kappa shape index (κ1) is 16.0. The van der Waals surface area contributed by atoms with Crippen molar-refractivity contribution in [1.82, 2.24) is 10.2 Å². The van der Waals surface area contributed by atoms with Gasteiger partial charge in [-0.25, -0.2) is 0 Å². The number of nitrogens with one attached hydrogen (secondary N) is 1. The van der Waals surface area contributed by atoms with Crippen LogP contribution in [0.4, 0.5) is 0 Å². The van der Waals surface area contributed by atoms with Gasteiger partial charge in [0.1, 0.15) is 0 Å². The Morgan fingerprint density at radius 1 is 1.42 bits per heavy atom. The predicted molar refractivity (Wildman–Crippen MR) is 75.5 cm³/mol. The molecule has 1 aliphatic heterocycles. The maximum atomic E-state index is 12.1. The van der Waals surface area contributed by atoms with Gasteiger partial charge in [-0.15, -0.1) is 0 Å². The van der Waals surface area contributed by atoms with E-state index in [1.54, 1.807) is 0 Å². The van der Waals surface area contributed by atoms with Crippen molar-refractivity contribution in [2.24, 2.45) is 11.1 Å². The fourth-order valence-electron chi connectivity index (χ4n) is 2.60. The maximum absolute atomic E-state index is 12.1. The SMILES string of the molecule is CC(=O)NC1CCN(C(=O)CC(N)CC(C)(C)C)C1. The molecule has 2 unspecified atom stereocenters. The minimum Gasteiger partial charge on any atom is -0.352 e. The molecule has 1 aliphatic rings. The van der Waals surface area contributed by atoms with Gasteiger partial charge in [-0.2, -0.15) is 0 Å². The molecule has 2 atom stereocenters. The zero-order valence-corrected chi connectivity index (χ0v) is 12.5. The first-order valence-corrected chi connectivity index (χ1v) is 6.98. The fraction of sp³-hybridized carbons (Fsp3) is 0.857. The van der Waals surface area contributed by atoms with Crippen molar-refractivity contribution < 1.29 is 9.59 Å². The lowest BCUT2D eigenvalue weighted by molar-refractivity contribution is -0.131. The highest BCUT2D eigenvalue weighted by atomic mass is 16.2. The zero-order chi connectivity index (χ0) is 14.6. The molecule has 1 fully saturated rings. The molecule has 5 nitrogen and oxygen atoms in total. The number of hydrogen-bond acceptors (Lipinski definition) is 3. The van der Waals surface area contributed by atoms with Crippen LogP contribution in [-0.2, 0) is 9.59 Å². The van der Waals surface area contributed by atoms with E-state index < -0.39 is 0 Å². The van der Waals surface area contributed by atoms with Gasteiger partial charge in [-0.1, -0.05) is 20.8 Å². The van der Waals surface area contributed by atoms with Crippen LogP contribution < -0.4 is 11.1 Å². The van der Waals surface area contributed by atoms with Crippen LogP contribution in [-0.4, -0.2) is 41.9 Å². The number of carbonyl (C=O) groups is 2. The molecule has 0 saturated carbocycles. The molecule has 1 heterocycles. The molecule has 1 rings (SSSR count). The molecule has 5 heteroatoms. The van der Waals surface area contributed by atoms with Crippen LogP contribution in [0.15, 0.2) is 0 Å². The molecule has 0 aromatic rings. The van der Waals surface area contributed by atoms with E-state index in [9.17, 15) is 9.59 Å². The number of carbonyl (C=O) groups excluding carboxylic acids is 2. The first-order valence-electron chi connectivity index (χ1n) is 6.98. The van der Waals surface area contributed by atoms with E-state index in [0.29, 0.717) is 19.5 Å². The summed E-state index contributed by atoms with van der Waals surface area (Å²) in [5.41, 5.74) is 6.17. The fourth-order valence-corrected chi connectivity index (χ4v) is 2.60. The third kappa shape index (κ3) is 6.05. The second-order valence-electron chi connectivity index (χ2n) is 6.75. The molecule has 0 radical (unpaired) electrons. The summed E-state index contributed by atoms with van der Waals surface area (Å²) in [5.74, 6) is 0.0633.